The van der Waals surface area contributed by atoms with Gasteiger partial charge in [0.15, 0.2) is 0 Å². The fraction of sp³-hybridized carbons (Fsp3) is 0.0370. The second kappa shape index (κ2) is 12.8. The molecule has 6 heterocycles. The van der Waals surface area contributed by atoms with Gasteiger partial charge in [-0.25, -0.2) is 0 Å². The Morgan fingerprint density at radius 1 is 0.367 bits per heavy atom. The van der Waals surface area contributed by atoms with Crippen molar-refractivity contribution in [2.45, 2.75) is 12.8 Å². The molecule has 0 atom stereocenters. The summed E-state index contributed by atoms with van der Waals surface area (Å²) >= 11 is 0. The van der Waals surface area contributed by atoms with E-state index in [1.165, 1.54) is 54.6 Å². The molecule has 60 heavy (non-hydrogen) atoms. The van der Waals surface area contributed by atoms with Gasteiger partial charge in [-0.2, -0.15) is 0 Å². The largest absolute Gasteiger partial charge is 0.308 e. The molecular formula is C54H34N6. The molecule has 13 rings (SSSR count). The third-order valence-corrected chi connectivity index (χ3v) is 12.6. The molecule has 6 aromatic carbocycles. The van der Waals surface area contributed by atoms with Crippen molar-refractivity contribution in [1.82, 2.24) is 29.1 Å². The smallest absolute Gasteiger partial charge is 0.0780 e. The Morgan fingerprint density at radius 2 is 0.833 bits per heavy atom. The number of nitrogens with zero attached hydrogens (tertiary/aromatic N) is 6. The van der Waals surface area contributed by atoms with Crippen molar-refractivity contribution < 1.29 is 0 Å². The highest BCUT2D eigenvalue weighted by Crippen LogP contribution is 2.45. The van der Waals surface area contributed by atoms with Crippen LogP contribution in [0.5, 0.6) is 0 Å². The molecule has 0 amide bonds. The molecule has 0 bridgehead atoms. The van der Waals surface area contributed by atoms with E-state index >= 15 is 0 Å². The van der Waals surface area contributed by atoms with Gasteiger partial charge in [-0.3, -0.25) is 19.9 Å². The molecule has 1 aliphatic rings. The Morgan fingerprint density at radius 3 is 1.30 bits per heavy atom. The molecule has 6 heteroatoms. The van der Waals surface area contributed by atoms with E-state index in [2.05, 4.69) is 153 Å². The summed E-state index contributed by atoms with van der Waals surface area (Å²) in [5.74, 6) is 0. The number of aromatic nitrogens is 6. The van der Waals surface area contributed by atoms with Crippen LogP contribution in [-0.2, 0) is 12.8 Å². The van der Waals surface area contributed by atoms with E-state index in [9.17, 15) is 0 Å². The van der Waals surface area contributed by atoms with E-state index in [4.69, 9.17) is 9.97 Å². The molecule has 6 aromatic heterocycles. The zero-order valence-electron chi connectivity index (χ0n) is 32.4. The first-order chi connectivity index (χ1) is 29.7. The zero-order valence-corrected chi connectivity index (χ0v) is 32.4. The van der Waals surface area contributed by atoms with Crippen molar-refractivity contribution in [1.29, 1.82) is 0 Å². The lowest BCUT2D eigenvalue weighted by Gasteiger charge is -2.21. The number of rotatable bonds is 4. The van der Waals surface area contributed by atoms with E-state index in [0.717, 1.165) is 79.6 Å². The van der Waals surface area contributed by atoms with E-state index in [0.29, 0.717) is 0 Å². The summed E-state index contributed by atoms with van der Waals surface area (Å²) in [6.45, 7) is 0. The summed E-state index contributed by atoms with van der Waals surface area (Å²) in [7, 11) is 0. The summed E-state index contributed by atoms with van der Waals surface area (Å²) in [4.78, 5) is 18.9. The highest BCUT2D eigenvalue weighted by atomic mass is 15.0. The van der Waals surface area contributed by atoms with Gasteiger partial charge in [-0.05, 0) is 131 Å². The molecule has 0 aliphatic heterocycles. The summed E-state index contributed by atoms with van der Waals surface area (Å²) < 4.78 is 4.75. The molecule has 0 radical (unpaired) electrons. The molecule has 6 nitrogen and oxygen atoms in total. The summed E-state index contributed by atoms with van der Waals surface area (Å²) in [5, 5.41) is 9.56. The number of hydrogen-bond donors (Lipinski definition) is 0. The first kappa shape index (κ1) is 33.1. The molecule has 1 aliphatic carbocycles. The molecule has 0 N–H and O–H groups in total. The third kappa shape index (κ3) is 4.88. The minimum Gasteiger partial charge on any atom is -0.308 e. The predicted octanol–water partition coefficient (Wildman–Crippen LogP) is 12.9. The van der Waals surface area contributed by atoms with Crippen LogP contribution in [0, 0.1) is 0 Å². The summed E-state index contributed by atoms with van der Waals surface area (Å²) in [5.41, 5.74) is 16.2. The number of benzene rings is 6. The van der Waals surface area contributed by atoms with Gasteiger partial charge in [0, 0.05) is 68.2 Å². The van der Waals surface area contributed by atoms with Crippen molar-refractivity contribution in [3.8, 4) is 45.0 Å². The lowest BCUT2D eigenvalue weighted by atomic mass is 9.84. The minimum absolute atomic E-state index is 0.959. The number of fused-ring (bicyclic) bond motifs is 11. The lowest BCUT2D eigenvalue weighted by Crippen LogP contribution is -2.05. The topological polar surface area (TPSA) is 61.4 Å². The Bertz CT molecular complexity index is 3460. The van der Waals surface area contributed by atoms with E-state index in [1.54, 1.807) is 0 Å². The van der Waals surface area contributed by atoms with Gasteiger partial charge in [-0.1, -0.05) is 60.7 Å². The van der Waals surface area contributed by atoms with Crippen LogP contribution in [-0.4, -0.2) is 29.1 Å². The first-order valence-electron chi connectivity index (χ1n) is 20.5. The second-order valence-electron chi connectivity index (χ2n) is 15.9. The van der Waals surface area contributed by atoms with Crippen LogP contribution in [0.3, 0.4) is 0 Å². The monoisotopic (exact) mass is 766 g/mol. The van der Waals surface area contributed by atoms with Gasteiger partial charge in [-0.15, -0.1) is 0 Å². The molecule has 0 saturated heterocycles. The van der Waals surface area contributed by atoms with Crippen molar-refractivity contribution in [3.05, 3.63) is 194 Å². The zero-order chi connectivity index (χ0) is 39.3. The fourth-order valence-corrected chi connectivity index (χ4v) is 9.93. The molecule has 0 fully saturated rings. The van der Waals surface area contributed by atoms with Crippen LogP contribution >= 0.6 is 0 Å². The van der Waals surface area contributed by atoms with Gasteiger partial charge in [0.05, 0.1) is 57.2 Å². The van der Waals surface area contributed by atoms with Gasteiger partial charge in [0.2, 0.25) is 0 Å². The normalized spacial score (nSPS) is 12.5. The first-order valence-corrected chi connectivity index (χ1v) is 20.5. The van der Waals surface area contributed by atoms with E-state index in [-0.39, 0.29) is 0 Å². The van der Waals surface area contributed by atoms with Crippen molar-refractivity contribution in [2.24, 2.45) is 0 Å². The maximum absolute atomic E-state index is 4.90. The van der Waals surface area contributed by atoms with Crippen LogP contribution in [0.15, 0.2) is 183 Å². The lowest BCUT2D eigenvalue weighted by molar-refractivity contribution is 0.946. The maximum Gasteiger partial charge on any atom is 0.0780 e. The highest BCUT2D eigenvalue weighted by Gasteiger charge is 2.24. The average Bonchev–Trinajstić information content (AvgIpc) is 3.81. The molecule has 0 unspecified atom stereocenters. The van der Waals surface area contributed by atoms with Crippen molar-refractivity contribution in [3.63, 3.8) is 0 Å². The Kier molecular flexibility index (Phi) is 7.04. The van der Waals surface area contributed by atoms with Crippen LogP contribution in [0.1, 0.15) is 11.1 Å². The van der Waals surface area contributed by atoms with Gasteiger partial charge in [0.1, 0.15) is 0 Å². The van der Waals surface area contributed by atoms with Crippen LogP contribution in [0.25, 0.3) is 110 Å². The quantitative estimate of drug-likeness (QED) is 0.179. The molecule has 0 saturated carbocycles. The van der Waals surface area contributed by atoms with Gasteiger partial charge >= 0.3 is 0 Å². The number of aryl methyl sites for hydroxylation is 2. The minimum atomic E-state index is 0.959. The van der Waals surface area contributed by atoms with Crippen LogP contribution in [0.4, 0.5) is 0 Å². The SMILES string of the molecule is c1cncc(-n2c3ccc(-c4nccc5ccccc45)cc3c3cc4c(cc32)-c2cc3c(cc2CC4)c2cc(-c4nccc5ccccc45)ccc2n3-c2cccnc2)c1. The highest BCUT2D eigenvalue weighted by molar-refractivity contribution is 6.15. The van der Waals surface area contributed by atoms with Gasteiger partial charge < -0.3 is 9.13 Å². The van der Waals surface area contributed by atoms with Crippen molar-refractivity contribution >= 4 is 65.2 Å². The fourth-order valence-electron chi connectivity index (χ4n) is 9.93. The second-order valence-corrected chi connectivity index (χ2v) is 15.9. The predicted molar refractivity (Wildman–Crippen MR) is 245 cm³/mol. The van der Waals surface area contributed by atoms with Crippen LogP contribution < -0.4 is 0 Å². The maximum atomic E-state index is 4.90. The average molecular weight is 767 g/mol. The Balaban J connectivity index is 1.05. The summed E-state index contributed by atoms with van der Waals surface area (Å²) in [6.07, 6.45) is 13.4. The van der Waals surface area contributed by atoms with E-state index < -0.39 is 0 Å². The standard InChI is InChI=1S/C54H34N6/c1-3-11-41-33(7-1)19-23-57-53(41)37-15-17-49-45(27-37)47-25-35-13-14-36-26-48-46-28-38(54-42-12-4-2-8-34(42)20-24-58-54)16-18-50(46)60(40-10-6-22-56-32-40)52(48)30-44(36)43(35)29-51(47)59(49)39-9-5-21-55-31-39/h1-12,15-32H,13-14H2. The van der Waals surface area contributed by atoms with Crippen LogP contribution in [0.2, 0.25) is 0 Å². The number of pyridine rings is 4. The molecule has 0 spiro atoms. The molecule has 280 valence electrons. The van der Waals surface area contributed by atoms with Gasteiger partial charge in [0.25, 0.3) is 0 Å². The number of hydrogen-bond acceptors (Lipinski definition) is 4. The Labute approximate surface area is 344 Å². The van der Waals surface area contributed by atoms with Crippen molar-refractivity contribution in [2.75, 3.05) is 0 Å². The molecule has 12 aromatic rings. The third-order valence-electron chi connectivity index (χ3n) is 12.6. The molecular weight excluding hydrogens is 733 g/mol. The summed E-state index contributed by atoms with van der Waals surface area (Å²) in [6, 6.07) is 52.9. The Hall–Kier alpha value is -7.96. The van der Waals surface area contributed by atoms with E-state index in [1.807, 2.05) is 49.3 Å².